The lowest BCUT2D eigenvalue weighted by Crippen LogP contribution is -2.24. The van der Waals surface area contributed by atoms with Crippen LogP contribution < -0.4 is 0 Å². The van der Waals surface area contributed by atoms with Crippen molar-refractivity contribution < 1.29 is 14.9 Å². The van der Waals surface area contributed by atoms with Crippen molar-refractivity contribution in [3.63, 3.8) is 0 Å². The maximum atomic E-state index is 8.99. The molecule has 1 aliphatic rings. The first-order chi connectivity index (χ1) is 10.3. The van der Waals surface area contributed by atoms with Crippen molar-refractivity contribution in [2.75, 3.05) is 6.61 Å². The Hall–Kier alpha value is -0.200. The highest BCUT2D eigenvalue weighted by atomic mass is 35.5. The summed E-state index contributed by atoms with van der Waals surface area (Å²) in [5.74, 6) is 0. The molecule has 2 aromatic rings. The molecule has 4 nitrogen and oxygen atoms in total. The Morgan fingerprint density at radius 3 is 2.41 bits per heavy atom. The first-order valence-electron chi connectivity index (χ1n) is 6.54. The number of aliphatic hydroxyl groups excluding tert-OH is 2. The molecule has 1 aliphatic heterocycles. The van der Waals surface area contributed by atoms with Crippen LogP contribution in [-0.4, -0.2) is 39.6 Å². The van der Waals surface area contributed by atoms with Gasteiger partial charge in [-0.15, -0.1) is 0 Å². The Morgan fingerprint density at radius 1 is 1.27 bits per heavy atom. The summed E-state index contributed by atoms with van der Waals surface area (Å²) in [6.07, 6.45) is -0.669. The Bertz CT molecular complexity index is 661. The zero-order valence-electron chi connectivity index (χ0n) is 11.6. The monoisotopic (exact) mass is 385 g/mol. The number of aromatic amines is 1. The molecule has 22 heavy (non-hydrogen) atoms. The molecule has 1 aromatic heterocycles. The molecule has 1 unspecified atom stereocenters. The van der Waals surface area contributed by atoms with Gasteiger partial charge in [-0.3, -0.25) is 0 Å². The van der Waals surface area contributed by atoms with Crippen LogP contribution in [0.25, 0.3) is 10.9 Å². The van der Waals surface area contributed by atoms with Gasteiger partial charge in [-0.2, -0.15) is 0 Å². The van der Waals surface area contributed by atoms with Crippen molar-refractivity contribution in [1.82, 2.24) is 4.98 Å². The Labute approximate surface area is 147 Å². The molecule has 3 atom stereocenters. The number of H-pyrrole nitrogens is 1. The van der Waals surface area contributed by atoms with Gasteiger partial charge in [0, 0.05) is 17.3 Å². The average Bonchev–Trinajstić information content (AvgIpc) is 2.92. The van der Waals surface area contributed by atoms with Crippen molar-refractivity contribution in [1.29, 1.82) is 0 Å². The first kappa shape index (κ1) is 18.1. The minimum Gasteiger partial charge on any atom is -0.394 e. The van der Waals surface area contributed by atoms with E-state index in [2.05, 4.69) is 4.98 Å². The molecular weight excluding hydrogens is 372 g/mol. The second kappa shape index (κ2) is 7.58. The van der Waals surface area contributed by atoms with Gasteiger partial charge in [-0.05, 0) is 24.6 Å². The topological polar surface area (TPSA) is 65.5 Å². The molecule has 0 amide bonds. The lowest BCUT2D eigenvalue weighted by molar-refractivity contribution is -0.00394. The van der Waals surface area contributed by atoms with Gasteiger partial charge in [0.25, 0.3) is 0 Å². The number of fused-ring (bicyclic) bond motifs is 1. The number of aromatic nitrogens is 1. The smallest absolute Gasteiger partial charge is 0.134 e. The van der Waals surface area contributed by atoms with E-state index >= 15 is 0 Å². The second-order valence-corrected chi connectivity index (χ2v) is 6.63. The van der Waals surface area contributed by atoms with E-state index in [1.807, 2.05) is 13.0 Å². The Morgan fingerprint density at radius 2 is 1.91 bits per heavy atom. The van der Waals surface area contributed by atoms with Crippen molar-refractivity contribution in [2.24, 2.45) is 0 Å². The molecule has 1 aromatic carbocycles. The van der Waals surface area contributed by atoms with E-state index in [1.165, 1.54) is 0 Å². The van der Waals surface area contributed by atoms with Crippen LogP contribution in [0.2, 0.25) is 15.2 Å². The maximum Gasteiger partial charge on any atom is 0.134 e. The van der Waals surface area contributed by atoms with Crippen LogP contribution in [0.3, 0.4) is 0 Å². The molecule has 0 saturated carbocycles. The largest absolute Gasteiger partial charge is 0.394 e. The fourth-order valence-corrected chi connectivity index (χ4v) is 2.98. The minimum atomic E-state index is -0.600. The molecule has 8 heteroatoms. The zero-order valence-corrected chi connectivity index (χ0v) is 14.6. The molecule has 0 aliphatic carbocycles. The molecular formula is C14H15Cl4NO3. The maximum absolute atomic E-state index is 8.99. The van der Waals surface area contributed by atoms with Crippen LogP contribution in [0.4, 0.5) is 0 Å². The summed E-state index contributed by atoms with van der Waals surface area (Å²) in [5, 5.41) is 20.2. The van der Waals surface area contributed by atoms with Gasteiger partial charge < -0.3 is 19.9 Å². The number of alkyl halides is 1. The minimum absolute atomic E-state index is 0.162. The van der Waals surface area contributed by atoms with Crippen LogP contribution in [-0.2, 0) is 4.74 Å². The van der Waals surface area contributed by atoms with Crippen molar-refractivity contribution >= 4 is 57.3 Å². The highest BCUT2D eigenvalue weighted by Gasteiger charge is 2.31. The molecule has 0 bridgehead atoms. The molecule has 0 spiro atoms. The molecule has 3 N–H and O–H groups in total. The standard InChI is InChI=1S/C9H6Cl3N.C5H9ClO3/c1-4-5-2-6(10)7(11)3-8(5)13-9(4)12;6-5-1-3(8)4(2-7)9-5/h2-3,13H,1H3;3-5,7-8H,1-2H2/t;3-,4+,5?/m.0/s1. The third-order valence-corrected chi connectivity index (χ3v) is 4.78. The number of hydrogen-bond acceptors (Lipinski definition) is 3. The molecule has 1 fully saturated rings. The van der Waals surface area contributed by atoms with Crippen molar-refractivity contribution in [3.8, 4) is 0 Å². The number of rotatable bonds is 1. The summed E-state index contributed by atoms with van der Waals surface area (Å²) in [7, 11) is 0. The quantitative estimate of drug-likeness (QED) is 0.645. The number of halogens is 4. The zero-order chi connectivity index (χ0) is 16.4. The van der Waals surface area contributed by atoms with Crippen molar-refractivity contribution in [3.05, 3.63) is 32.9 Å². The van der Waals surface area contributed by atoms with Gasteiger partial charge in [0.1, 0.15) is 16.8 Å². The van der Waals surface area contributed by atoms with E-state index in [1.54, 1.807) is 6.07 Å². The SMILES string of the molecule is Cc1c(Cl)[nH]c2cc(Cl)c(Cl)cc12.OC[C@H]1OC(Cl)C[C@@H]1O. The highest BCUT2D eigenvalue weighted by Crippen LogP contribution is 2.32. The Balaban J connectivity index is 0.000000172. The third-order valence-electron chi connectivity index (χ3n) is 3.40. The van der Waals surface area contributed by atoms with Gasteiger partial charge in [-0.25, -0.2) is 0 Å². The summed E-state index contributed by atoms with van der Waals surface area (Å²) in [6.45, 7) is 1.77. The number of benzene rings is 1. The highest BCUT2D eigenvalue weighted by molar-refractivity contribution is 6.43. The van der Waals surface area contributed by atoms with Gasteiger partial charge in [0.15, 0.2) is 0 Å². The molecule has 0 radical (unpaired) electrons. The van der Waals surface area contributed by atoms with Crippen LogP contribution in [0.5, 0.6) is 0 Å². The molecule has 1 saturated heterocycles. The lowest BCUT2D eigenvalue weighted by atomic mass is 10.2. The van der Waals surface area contributed by atoms with Crippen LogP contribution in [0, 0.1) is 6.92 Å². The summed E-state index contributed by atoms with van der Waals surface area (Å²) in [4.78, 5) is 3.02. The average molecular weight is 387 g/mol. The van der Waals surface area contributed by atoms with E-state index in [0.29, 0.717) is 21.6 Å². The molecule has 2 heterocycles. The third kappa shape index (κ3) is 4.01. The van der Waals surface area contributed by atoms with E-state index in [0.717, 1.165) is 16.5 Å². The lowest BCUT2D eigenvalue weighted by Gasteiger charge is -2.08. The summed E-state index contributed by atoms with van der Waals surface area (Å²) in [6, 6.07) is 3.59. The van der Waals surface area contributed by atoms with E-state index in [-0.39, 0.29) is 6.61 Å². The van der Waals surface area contributed by atoms with E-state index in [4.69, 9.17) is 61.4 Å². The normalized spacial score (nSPS) is 24.4. The predicted octanol–water partition coefficient (Wildman–Crippen LogP) is 4.13. The number of ether oxygens (including phenoxy) is 1. The van der Waals surface area contributed by atoms with Crippen LogP contribution in [0.15, 0.2) is 12.1 Å². The van der Waals surface area contributed by atoms with E-state index < -0.39 is 17.8 Å². The second-order valence-electron chi connectivity index (χ2n) is 4.95. The fourth-order valence-electron chi connectivity index (χ4n) is 2.13. The predicted molar refractivity (Wildman–Crippen MR) is 90.3 cm³/mol. The van der Waals surface area contributed by atoms with Gasteiger partial charge in [0.2, 0.25) is 0 Å². The number of nitrogens with one attached hydrogen (secondary N) is 1. The Kier molecular flexibility index (Phi) is 6.25. The van der Waals surface area contributed by atoms with Crippen LogP contribution in [0.1, 0.15) is 12.0 Å². The number of aryl methyl sites for hydroxylation is 1. The van der Waals surface area contributed by atoms with E-state index in [9.17, 15) is 0 Å². The molecule has 122 valence electrons. The summed E-state index contributed by atoms with van der Waals surface area (Å²) >= 11 is 23.1. The summed E-state index contributed by atoms with van der Waals surface area (Å²) in [5.41, 5.74) is 1.48. The van der Waals surface area contributed by atoms with Crippen molar-refractivity contribution in [2.45, 2.75) is 31.1 Å². The first-order valence-corrected chi connectivity index (χ1v) is 8.11. The summed E-state index contributed by atoms with van der Waals surface area (Å²) < 4.78 is 4.89. The number of hydrogen-bond donors (Lipinski definition) is 3. The fraction of sp³-hybridized carbons (Fsp3) is 0.429. The van der Waals surface area contributed by atoms with Crippen LogP contribution >= 0.6 is 46.4 Å². The van der Waals surface area contributed by atoms with Gasteiger partial charge in [0.05, 0.1) is 22.8 Å². The number of aliphatic hydroxyl groups is 2. The van der Waals surface area contributed by atoms with Gasteiger partial charge >= 0.3 is 0 Å². The molecule has 3 rings (SSSR count). The van der Waals surface area contributed by atoms with Gasteiger partial charge in [-0.1, -0.05) is 46.4 Å².